The van der Waals surface area contributed by atoms with Gasteiger partial charge in [0.25, 0.3) is 0 Å². The Morgan fingerprint density at radius 1 is 1.24 bits per heavy atom. The molecule has 1 heterocycles. The molecule has 114 valence electrons. The SMILES string of the molecule is CCC(O)CN(Cc1cccc(OC)c1)Cc1ccco1. The third kappa shape index (κ3) is 4.92. The van der Waals surface area contributed by atoms with E-state index < -0.39 is 0 Å². The summed E-state index contributed by atoms with van der Waals surface area (Å²) in [6.45, 7) is 4.03. The van der Waals surface area contributed by atoms with Crippen LogP contribution in [0.25, 0.3) is 0 Å². The van der Waals surface area contributed by atoms with Crippen LogP contribution < -0.4 is 4.74 Å². The molecule has 2 aromatic rings. The minimum absolute atomic E-state index is 0.328. The molecule has 1 aromatic carbocycles. The average Bonchev–Trinajstić information content (AvgIpc) is 3.00. The highest BCUT2D eigenvalue weighted by Gasteiger charge is 2.13. The molecule has 4 nitrogen and oxygen atoms in total. The number of ether oxygens (including phenoxy) is 1. The molecule has 0 saturated carbocycles. The molecule has 0 aliphatic rings. The molecule has 21 heavy (non-hydrogen) atoms. The monoisotopic (exact) mass is 289 g/mol. The van der Waals surface area contributed by atoms with Gasteiger partial charge in [-0.15, -0.1) is 0 Å². The molecule has 0 radical (unpaired) electrons. The number of nitrogens with zero attached hydrogens (tertiary/aromatic N) is 1. The van der Waals surface area contributed by atoms with E-state index in [1.165, 1.54) is 0 Å². The predicted octanol–water partition coefficient (Wildman–Crippen LogP) is 3.06. The van der Waals surface area contributed by atoms with Crippen LogP contribution in [0.15, 0.2) is 47.1 Å². The van der Waals surface area contributed by atoms with Gasteiger partial charge in [0.05, 0.1) is 26.0 Å². The minimum Gasteiger partial charge on any atom is -0.497 e. The number of hydrogen-bond acceptors (Lipinski definition) is 4. The van der Waals surface area contributed by atoms with E-state index in [0.29, 0.717) is 13.1 Å². The Balaban J connectivity index is 2.06. The highest BCUT2D eigenvalue weighted by atomic mass is 16.5. The average molecular weight is 289 g/mol. The fourth-order valence-corrected chi connectivity index (χ4v) is 2.26. The van der Waals surface area contributed by atoms with Gasteiger partial charge in [0.2, 0.25) is 0 Å². The molecule has 1 N–H and O–H groups in total. The lowest BCUT2D eigenvalue weighted by atomic mass is 10.1. The second-order valence-corrected chi connectivity index (χ2v) is 5.16. The van der Waals surface area contributed by atoms with Crippen molar-refractivity contribution < 1.29 is 14.3 Å². The molecule has 0 aliphatic heterocycles. The first-order valence-corrected chi connectivity index (χ1v) is 7.27. The smallest absolute Gasteiger partial charge is 0.119 e. The summed E-state index contributed by atoms with van der Waals surface area (Å²) in [7, 11) is 1.67. The van der Waals surface area contributed by atoms with Crippen LogP contribution >= 0.6 is 0 Å². The van der Waals surface area contributed by atoms with Crippen molar-refractivity contribution in [3.8, 4) is 5.75 Å². The molecule has 0 aliphatic carbocycles. The van der Waals surface area contributed by atoms with Gasteiger partial charge in [-0.25, -0.2) is 0 Å². The summed E-state index contributed by atoms with van der Waals surface area (Å²) in [5, 5.41) is 9.94. The second-order valence-electron chi connectivity index (χ2n) is 5.16. The van der Waals surface area contributed by atoms with Crippen LogP contribution in [0.1, 0.15) is 24.7 Å². The number of furan rings is 1. The van der Waals surface area contributed by atoms with Gasteiger partial charge in [-0.05, 0) is 36.2 Å². The summed E-state index contributed by atoms with van der Waals surface area (Å²) in [6.07, 6.45) is 2.09. The highest BCUT2D eigenvalue weighted by Crippen LogP contribution is 2.16. The fraction of sp³-hybridized carbons (Fsp3) is 0.412. The fourth-order valence-electron chi connectivity index (χ4n) is 2.26. The van der Waals surface area contributed by atoms with E-state index in [9.17, 15) is 5.11 Å². The Morgan fingerprint density at radius 2 is 2.10 bits per heavy atom. The Labute approximate surface area is 126 Å². The van der Waals surface area contributed by atoms with Crippen molar-refractivity contribution in [2.75, 3.05) is 13.7 Å². The van der Waals surface area contributed by atoms with Gasteiger partial charge >= 0.3 is 0 Å². The van der Waals surface area contributed by atoms with Gasteiger partial charge < -0.3 is 14.3 Å². The van der Waals surface area contributed by atoms with Crippen molar-refractivity contribution in [2.45, 2.75) is 32.5 Å². The zero-order valence-corrected chi connectivity index (χ0v) is 12.7. The Bertz CT molecular complexity index is 525. The van der Waals surface area contributed by atoms with E-state index in [4.69, 9.17) is 9.15 Å². The first-order valence-electron chi connectivity index (χ1n) is 7.27. The first kappa shape index (κ1) is 15.6. The van der Waals surface area contributed by atoms with E-state index in [0.717, 1.165) is 30.0 Å². The summed E-state index contributed by atoms with van der Waals surface area (Å²) in [5.41, 5.74) is 1.16. The Kier molecular flexibility index (Phi) is 5.84. The number of methoxy groups -OCH3 is 1. The van der Waals surface area contributed by atoms with Crippen LogP contribution in [0.4, 0.5) is 0 Å². The van der Waals surface area contributed by atoms with Crippen LogP contribution in [-0.4, -0.2) is 29.8 Å². The van der Waals surface area contributed by atoms with Gasteiger partial charge in [0.15, 0.2) is 0 Å². The number of rotatable bonds is 8. The third-order valence-corrected chi connectivity index (χ3v) is 3.44. The summed E-state index contributed by atoms with van der Waals surface area (Å²) < 4.78 is 10.7. The molecule has 1 unspecified atom stereocenters. The van der Waals surface area contributed by atoms with Crippen molar-refractivity contribution in [2.24, 2.45) is 0 Å². The molecule has 0 saturated heterocycles. The van der Waals surface area contributed by atoms with Crippen molar-refractivity contribution in [3.05, 3.63) is 54.0 Å². The number of aliphatic hydroxyl groups excluding tert-OH is 1. The molecule has 1 atom stereocenters. The lowest BCUT2D eigenvalue weighted by Gasteiger charge is -2.24. The normalized spacial score (nSPS) is 12.6. The van der Waals surface area contributed by atoms with E-state index in [1.807, 2.05) is 37.3 Å². The predicted molar refractivity (Wildman–Crippen MR) is 82.1 cm³/mol. The van der Waals surface area contributed by atoms with Crippen molar-refractivity contribution in [1.82, 2.24) is 4.90 Å². The summed E-state index contributed by atoms with van der Waals surface area (Å²) >= 11 is 0. The number of aliphatic hydroxyl groups is 1. The maximum Gasteiger partial charge on any atom is 0.119 e. The van der Waals surface area contributed by atoms with E-state index in [-0.39, 0.29) is 6.10 Å². The minimum atomic E-state index is -0.328. The molecule has 2 rings (SSSR count). The summed E-state index contributed by atoms with van der Waals surface area (Å²) in [4.78, 5) is 2.18. The van der Waals surface area contributed by atoms with Gasteiger partial charge in [0, 0.05) is 13.1 Å². The molecular weight excluding hydrogens is 266 g/mol. The first-order chi connectivity index (χ1) is 10.2. The largest absolute Gasteiger partial charge is 0.497 e. The third-order valence-electron chi connectivity index (χ3n) is 3.44. The maximum absolute atomic E-state index is 9.94. The lowest BCUT2D eigenvalue weighted by Crippen LogP contribution is -2.31. The molecule has 0 amide bonds. The zero-order chi connectivity index (χ0) is 15.1. The zero-order valence-electron chi connectivity index (χ0n) is 12.7. The summed E-state index contributed by atoms with van der Waals surface area (Å²) in [6, 6.07) is 11.8. The molecule has 0 fully saturated rings. The van der Waals surface area contributed by atoms with Gasteiger partial charge in [0.1, 0.15) is 11.5 Å². The van der Waals surface area contributed by atoms with Crippen LogP contribution in [-0.2, 0) is 13.1 Å². The molecule has 0 spiro atoms. The second kappa shape index (κ2) is 7.86. The van der Waals surface area contributed by atoms with Crippen LogP contribution in [0, 0.1) is 0 Å². The van der Waals surface area contributed by atoms with Crippen LogP contribution in [0.2, 0.25) is 0 Å². The van der Waals surface area contributed by atoms with E-state index in [2.05, 4.69) is 11.0 Å². The quantitative estimate of drug-likeness (QED) is 0.811. The molecule has 4 heteroatoms. The molecule has 1 aromatic heterocycles. The van der Waals surface area contributed by atoms with Gasteiger partial charge in [-0.1, -0.05) is 19.1 Å². The topological polar surface area (TPSA) is 45.8 Å². The standard InChI is InChI=1S/C17H23NO3/c1-3-15(19)12-18(13-17-8-5-9-21-17)11-14-6-4-7-16(10-14)20-2/h4-10,15,19H,3,11-13H2,1-2H3. The van der Waals surface area contributed by atoms with Crippen LogP contribution in [0.3, 0.4) is 0 Å². The number of benzene rings is 1. The molecular formula is C17H23NO3. The van der Waals surface area contributed by atoms with Crippen molar-refractivity contribution >= 4 is 0 Å². The van der Waals surface area contributed by atoms with Crippen molar-refractivity contribution in [3.63, 3.8) is 0 Å². The number of hydrogen-bond donors (Lipinski definition) is 1. The highest BCUT2D eigenvalue weighted by molar-refractivity contribution is 5.28. The molecule has 0 bridgehead atoms. The Hall–Kier alpha value is -1.78. The van der Waals surface area contributed by atoms with Gasteiger partial charge in [-0.3, -0.25) is 4.90 Å². The van der Waals surface area contributed by atoms with Crippen molar-refractivity contribution in [1.29, 1.82) is 0 Å². The van der Waals surface area contributed by atoms with Gasteiger partial charge in [-0.2, -0.15) is 0 Å². The Morgan fingerprint density at radius 3 is 2.76 bits per heavy atom. The van der Waals surface area contributed by atoms with E-state index in [1.54, 1.807) is 13.4 Å². The summed E-state index contributed by atoms with van der Waals surface area (Å²) in [5.74, 6) is 1.75. The maximum atomic E-state index is 9.94. The lowest BCUT2D eigenvalue weighted by molar-refractivity contribution is 0.0973. The van der Waals surface area contributed by atoms with E-state index >= 15 is 0 Å². The van der Waals surface area contributed by atoms with Crippen LogP contribution in [0.5, 0.6) is 5.75 Å².